The topological polar surface area (TPSA) is 120 Å². The number of halogens is 6. The number of aliphatic hydroxyl groups is 1. The molecule has 2 fully saturated rings. The molecule has 3 aliphatic rings. The molecule has 4 heterocycles. The van der Waals surface area contributed by atoms with Crippen molar-refractivity contribution >= 4 is 29.1 Å². The highest BCUT2D eigenvalue weighted by atomic mass is 32.1. The molecular weight excluding hydrogens is 781 g/mol. The van der Waals surface area contributed by atoms with E-state index in [-0.39, 0.29) is 70.6 Å². The number of hydrogen-bond acceptors (Lipinski definition) is 8. The second-order valence-electron chi connectivity index (χ2n) is 15.6. The number of aliphatic carboxylic acids is 1. The number of carbonyl (C=O) groups excluding carboxylic acids is 2. The molecule has 5 rings (SSSR count). The lowest BCUT2D eigenvalue weighted by molar-refractivity contribution is -0.168. The number of thiophene rings is 1. The van der Waals surface area contributed by atoms with E-state index in [2.05, 4.69) is 0 Å². The van der Waals surface area contributed by atoms with Gasteiger partial charge in [-0.3, -0.25) is 14.4 Å². The van der Waals surface area contributed by atoms with Gasteiger partial charge >= 0.3 is 18.3 Å². The molecule has 0 aliphatic carbocycles. The van der Waals surface area contributed by atoms with Gasteiger partial charge in [0.2, 0.25) is 5.60 Å². The van der Waals surface area contributed by atoms with Crippen molar-refractivity contribution in [2.75, 3.05) is 39.8 Å². The second kappa shape index (κ2) is 16.9. The van der Waals surface area contributed by atoms with Crippen molar-refractivity contribution in [1.29, 1.82) is 0 Å². The number of ether oxygens (including phenoxy) is 2. The minimum absolute atomic E-state index is 0.0180. The molecule has 2 amide bonds. The van der Waals surface area contributed by atoms with Crippen molar-refractivity contribution in [2.45, 2.75) is 102 Å². The zero-order chi connectivity index (χ0) is 42.0. The molecule has 2 saturated heterocycles. The third-order valence-corrected chi connectivity index (χ3v) is 12.0. The predicted molar refractivity (Wildman–Crippen MR) is 199 cm³/mol. The van der Waals surface area contributed by atoms with Gasteiger partial charge in [0.05, 0.1) is 34.8 Å². The molecule has 0 saturated carbocycles. The SMILES string of the molecule is CCCC1N(C(=O)C2=CN(C)CC=C2C(F)(F)F)CCCC1(Oc1csc(C(F)(F)F)c1)C(=O)N1CCC(O)(c2ccccc2OCCCC(C)(C)C(=O)O)CC1. The van der Waals surface area contributed by atoms with Crippen LogP contribution >= 0.6 is 11.3 Å². The van der Waals surface area contributed by atoms with Gasteiger partial charge in [-0.25, -0.2) is 0 Å². The number of benzene rings is 1. The molecule has 1 aromatic heterocycles. The molecule has 17 heteroatoms. The number of amides is 2. The fraction of sp³-hybridized carbons (Fsp3) is 0.575. The minimum atomic E-state index is -4.85. The first-order valence-corrected chi connectivity index (χ1v) is 19.8. The Hall–Kier alpha value is -4.25. The Labute approximate surface area is 331 Å². The van der Waals surface area contributed by atoms with Gasteiger partial charge in [0.25, 0.3) is 11.8 Å². The molecule has 2 unspecified atom stereocenters. The van der Waals surface area contributed by atoms with E-state index < -0.39 is 68.8 Å². The Kier molecular flexibility index (Phi) is 13.0. The van der Waals surface area contributed by atoms with E-state index in [9.17, 15) is 50.9 Å². The van der Waals surface area contributed by atoms with Crippen LogP contribution in [0, 0.1) is 5.41 Å². The molecule has 0 bridgehead atoms. The van der Waals surface area contributed by atoms with Gasteiger partial charge < -0.3 is 34.4 Å². The number of carbonyl (C=O) groups is 3. The smallest absolute Gasteiger partial charge is 0.425 e. The Balaban J connectivity index is 1.44. The molecular formula is C40H49F6N3O7S. The van der Waals surface area contributed by atoms with E-state index in [1.54, 1.807) is 45.0 Å². The molecule has 3 aliphatic heterocycles. The third kappa shape index (κ3) is 9.56. The Morgan fingerprint density at radius 1 is 1.00 bits per heavy atom. The van der Waals surface area contributed by atoms with Crippen molar-refractivity contribution in [2.24, 2.45) is 5.41 Å². The maximum Gasteiger partial charge on any atom is 0.425 e. The van der Waals surface area contributed by atoms with Gasteiger partial charge in [0, 0.05) is 62.9 Å². The van der Waals surface area contributed by atoms with Gasteiger partial charge in [-0.2, -0.15) is 26.3 Å². The molecule has 0 spiro atoms. The number of alkyl halides is 6. The van der Waals surface area contributed by atoms with Crippen LogP contribution in [0.1, 0.15) is 82.6 Å². The van der Waals surface area contributed by atoms with E-state index in [1.165, 1.54) is 21.7 Å². The summed E-state index contributed by atoms with van der Waals surface area (Å²) in [6.45, 7) is 5.05. The first-order valence-electron chi connectivity index (χ1n) is 19.0. The Bertz CT molecular complexity index is 1850. The van der Waals surface area contributed by atoms with Crippen LogP contribution in [0.15, 0.2) is 59.1 Å². The Morgan fingerprint density at radius 3 is 2.30 bits per heavy atom. The molecule has 2 N–H and O–H groups in total. The molecule has 10 nitrogen and oxygen atoms in total. The van der Waals surface area contributed by atoms with E-state index in [0.717, 1.165) is 23.7 Å². The number of para-hydroxylation sites is 1. The number of rotatable bonds is 13. The highest BCUT2D eigenvalue weighted by Gasteiger charge is 2.57. The molecule has 57 heavy (non-hydrogen) atoms. The normalized spacial score (nSPS) is 21.8. The van der Waals surface area contributed by atoms with E-state index in [0.29, 0.717) is 41.9 Å². The summed E-state index contributed by atoms with van der Waals surface area (Å²) in [6, 6.07) is 6.47. The van der Waals surface area contributed by atoms with E-state index in [4.69, 9.17) is 9.47 Å². The van der Waals surface area contributed by atoms with Crippen LogP contribution in [-0.2, 0) is 26.2 Å². The number of hydrogen-bond donors (Lipinski definition) is 2. The summed E-state index contributed by atoms with van der Waals surface area (Å²) >= 11 is 0.373. The maximum absolute atomic E-state index is 15.0. The Morgan fingerprint density at radius 2 is 1.68 bits per heavy atom. The lowest BCUT2D eigenvalue weighted by Gasteiger charge is -2.51. The van der Waals surface area contributed by atoms with Crippen LogP contribution in [0.2, 0.25) is 0 Å². The lowest BCUT2D eigenvalue weighted by atomic mass is 9.78. The number of piperidine rings is 2. The lowest BCUT2D eigenvalue weighted by Crippen LogP contribution is -2.69. The van der Waals surface area contributed by atoms with Crippen molar-refractivity contribution in [1.82, 2.24) is 14.7 Å². The van der Waals surface area contributed by atoms with Crippen LogP contribution in [0.4, 0.5) is 26.3 Å². The van der Waals surface area contributed by atoms with Crippen molar-refractivity contribution in [3.05, 3.63) is 69.6 Å². The summed E-state index contributed by atoms with van der Waals surface area (Å²) in [5.74, 6) is -2.41. The first-order chi connectivity index (χ1) is 26.6. The third-order valence-electron chi connectivity index (χ3n) is 11.0. The molecule has 314 valence electrons. The zero-order valence-electron chi connectivity index (χ0n) is 32.3. The van der Waals surface area contributed by atoms with Gasteiger partial charge in [0.1, 0.15) is 16.4 Å². The van der Waals surface area contributed by atoms with Gasteiger partial charge in [-0.05, 0) is 58.4 Å². The highest BCUT2D eigenvalue weighted by Crippen LogP contribution is 2.45. The molecule has 0 radical (unpaired) electrons. The minimum Gasteiger partial charge on any atom is -0.493 e. The number of nitrogens with zero attached hydrogens (tertiary/aromatic N) is 3. The molecule has 1 aromatic carbocycles. The van der Waals surface area contributed by atoms with Crippen molar-refractivity contribution in [3.8, 4) is 11.5 Å². The molecule has 2 atom stereocenters. The summed E-state index contributed by atoms with van der Waals surface area (Å²) in [6.07, 6.45) is -6.15. The van der Waals surface area contributed by atoms with Crippen LogP contribution in [0.25, 0.3) is 0 Å². The van der Waals surface area contributed by atoms with Gasteiger partial charge in [-0.15, -0.1) is 11.3 Å². The van der Waals surface area contributed by atoms with E-state index >= 15 is 0 Å². The standard InChI is InChI=1S/C40H49F6N3O7S/c1-5-10-31-38(56-26-23-32(57-25-26)40(44,45)46,15-8-18-49(31)33(50)27-24-47(4)19-13-28(27)39(41,42)43)34(51)48-20-16-37(54,17-21-48)29-11-6-7-12-30(29)55-22-9-14-36(2,3)35(52)53/h6-7,11-13,23-25,31,54H,5,8-10,14-22H2,1-4H3,(H,52,53). The quantitative estimate of drug-likeness (QED) is 0.155. The summed E-state index contributed by atoms with van der Waals surface area (Å²) in [5, 5.41) is 22.5. The van der Waals surface area contributed by atoms with Crippen molar-refractivity contribution in [3.63, 3.8) is 0 Å². The summed E-state index contributed by atoms with van der Waals surface area (Å²) < 4.78 is 96.3. The van der Waals surface area contributed by atoms with Gasteiger partial charge in [0.15, 0.2) is 0 Å². The monoisotopic (exact) mass is 829 g/mol. The fourth-order valence-electron chi connectivity index (χ4n) is 7.81. The maximum atomic E-state index is 15.0. The highest BCUT2D eigenvalue weighted by molar-refractivity contribution is 7.10. The summed E-state index contributed by atoms with van der Waals surface area (Å²) in [5.41, 5.74) is -5.63. The van der Waals surface area contributed by atoms with Crippen LogP contribution < -0.4 is 9.47 Å². The number of likely N-dealkylation sites (N-methyl/N-ethyl adjacent to an activating group) is 1. The summed E-state index contributed by atoms with van der Waals surface area (Å²) in [4.78, 5) is 43.9. The average molecular weight is 830 g/mol. The number of carboxylic acids is 1. The van der Waals surface area contributed by atoms with Crippen LogP contribution in [0.5, 0.6) is 11.5 Å². The zero-order valence-corrected chi connectivity index (χ0v) is 33.2. The second-order valence-corrected chi connectivity index (χ2v) is 16.5. The predicted octanol–water partition coefficient (Wildman–Crippen LogP) is 7.77. The van der Waals surface area contributed by atoms with Crippen LogP contribution in [-0.4, -0.2) is 100 Å². The van der Waals surface area contributed by atoms with Crippen molar-refractivity contribution < 1.29 is 60.4 Å². The summed E-state index contributed by atoms with van der Waals surface area (Å²) in [7, 11) is 1.52. The fourth-order valence-corrected chi connectivity index (χ4v) is 8.49. The number of carboxylic acid groups (broad SMARTS) is 1. The number of likely N-dealkylation sites (tertiary alicyclic amines) is 2. The average Bonchev–Trinajstić information content (AvgIpc) is 3.63. The first kappa shape index (κ1) is 43.9. The molecule has 2 aromatic rings. The largest absolute Gasteiger partial charge is 0.493 e. The van der Waals surface area contributed by atoms with Crippen LogP contribution in [0.3, 0.4) is 0 Å². The van der Waals surface area contributed by atoms with Gasteiger partial charge in [-0.1, -0.05) is 37.6 Å². The van der Waals surface area contributed by atoms with E-state index in [1.807, 2.05) is 0 Å².